The number of amides is 1. The number of carbonyl (C=O) groups is 1. The minimum atomic E-state index is -0.649. The van der Waals surface area contributed by atoms with Crippen molar-refractivity contribution in [3.8, 4) is 5.75 Å². The first-order chi connectivity index (χ1) is 15.1. The average molecular weight is 457 g/mol. The summed E-state index contributed by atoms with van der Waals surface area (Å²) in [6.45, 7) is 2.88. The fourth-order valence-electron chi connectivity index (χ4n) is 3.66. The Bertz CT molecular complexity index is 1010. The fourth-order valence-corrected chi connectivity index (χ4v) is 4.68. The van der Waals surface area contributed by atoms with E-state index in [0.29, 0.717) is 19.5 Å². The number of rotatable bonds is 6. The van der Waals surface area contributed by atoms with Crippen LogP contribution in [0.25, 0.3) is 0 Å². The molecule has 0 saturated carbocycles. The molecule has 0 radical (unpaired) electrons. The van der Waals surface area contributed by atoms with Gasteiger partial charge in [-0.2, -0.15) is 4.37 Å². The van der Waals surface area contributed by atoms with E-state index in [2.05, 4.69) is 9.27 Å². The van der Waals surface area contributed by atoms with Crippen molar-refractivity contribution in [3.05, 3.63) is 71.5 Å². The van der Waals surface area contributed by atoms with E-state index in [9.17, 15) is 4.79 Å². The van der Waals surface area contributed by atoms with Crippen LogP contribution in [0.4, 0.5) is 5.13 Å². The molecule has 162 valence electrons. The lowest BCUT2D eigenvalue weighted by Gasteiger charge is -2.23. The Balaban J connectivity index is 1.37. The second kappa shape index (κ2) is 10.1. The lowest BCUT2D eigenvalue weighted by molar-refractivity contribution is -0.130. The molecule has 6 nitrogen and oxygen atoms in total. The van der Waals surface area contributed by atoms with Gasteiger partial charge in [-0.05, 0) is 29.7 Å². The van der Waals surface area contributed by atoms with Gasteiger partial charge in [0.2, 0.25) is 11.0 Å². The predicted octanol–water partition coefficient (Wildman–Crippen LogP) is 4.16. The van der Waals surface area contributed by atoms with Crippen LogP contribution in [0.3, 0.4) is 0 Å². The fraction of sp³-hybridized carbons (Fsp3) is 0.348. The third kappa shape index (κ3) is 5.35. The Morgan fingerprint density at radius 3 is 2.77 bits per heavy atom. The van der Waals surface area contributed by atoms with Crippen LogP contribution in [0.5, 0.6) is 5.75 Å². The van der Waals surface area contributed by atoms with E-state index in [4.69, 9.17) is 21.3 Å². The van der Waals surface area contributed by atoms with Gasteiger partial charge in [0.05, 0.1) is 7.11 Å². The van der Waals surface area contributed by atoms with Crippen LogP contribution in [-0.4, -0.2) is 53.5 Å². The summed E-state index contributed by atoms with van der Waals surface area (Å²) < 4.78 is 9.83. The predicted molar refractivity (Wildman–Crippen MR) is 124 cm³/mol. The third-order valence-electron chi connectivity index (χ3n) is 5.34. The van der Waals surface area contributed by atoms with Crippen molar-refractivity contribution in [3.63, 3.8) is 0 Å². The maximum Gasteiger partial charge on any atom is 0.245 e. The Morgan fingerprint density at radius 2 is 1.97 bits per heavy atom. The number of carbonyl (C=O) groups excluding carboxylic acids is 1. The number of anilines is 1. The number of ether oxygens (including phenoxy) is 1. The van der Waals surface area contributed by atoms with Gasteiger partial charge in [0.25, 0.3) is 0 Å². The summed E-state index contributed by atoms with van der Waals surface area (Å²) in [7, 11) is 1.66. The number of halogens is 1. The molecule has 1 amide bonds. The molecule has 1 fully saturated rings. The van der Waals surface area contributed by atoms with Gasteiger partial charge >= 0.3 is 0 Å². The first-order valence-electron chi connectivity index (χ1n) is 10.3. The van der Waals surface area contributed by atoms with Crippen molar-refractivity contribution >= 4 is 34.2 Å². The third-order valence-corrected chi connectivity index (χ3v) is 6.59. The molecule has 0 spiro atoms. The zero-order chi connectivity index (χ0) is 21.6. The summed E-state index contributed by atoms with van der Waals surface area (Å²) in [6.07, 6.45) is 1.53. The number of aromatic nitrogens is 2. The van der Waals surface area contributed by atoms with Gasteiger partial charge in [0, 0.05) is 44.1 Å². The molecule has 1 atom stereocenters. The monoisotopic (exact) mass is 456 g/mol. The zero-order valence-corrected chi connectivity index (χ0v) is 19.0. The molecule has 0 N–H and O–H groups in total. The number of nitrogens with zero attached hydrogens (tertiary/aromatic N) is 4. The van der Waals surface area contributed by atoms with E-state index in [1.165, 1.54) is 11.5 Å². The smallest absolute Gasteiger partial charge is 0.245 e. The van der Waals surface area contributed by atoms with Gasteiger partial charge in [0.1, 0.15) is 17.0 Å². The van der Waals surface area contributed by atoms with Crippen LogP contribution in [0.1, 0.15) is 28.7 Å². The van der Waals surface area contributed by atoms with Crippen LogP contribution >= 0.6 is 23.1 Å². The van der Waals surface area contributed by atoms with Crippen LogP contribution < -0.4 is 9.64 Å². The van der Waals surface area contributed by atoms with E-state index >= 15 is 0 Å². The van der Waals surface area contributed by atoms with Crippen molar-refractivity contribution in [2.45, 2.75) is 18.2 Å². The normalized spacial score (nSPS) is 15.4. The van der Waals surface area contributed by atoms with Gasteiger partial charge in [0.15, 0.2) is 0 Å². The number of benzene rings is 2. The Hall–Kier alpha value is -2.64. The van der Waals surface area contributed by atoms with E-state index in [-0.39, 0.29) is 5.91 Å². The number of methoxy groups -OCH3 is 1. The molecule has 31 heavy (non-hydrogen) atoms. The topological polar surface area (TPSA) is 58.6 Å². The molecule has 3 aromatic rings. The molecule has 8 heteroatoms. The zero-order valence-electron chi connectivity index (χ0n) is 17.4. The summed E-state index contributed by atoms with van der Waals surface area (Å²) in [6, 6.07) is 17.5. The molecule has 1 aromatic heterocycles. The summed E-state index contributed by atoms with van der Waals surface area (Å²) in [5, 5.41) is 0.251. The van der Waals surface area contributed by atoms with Crippen LogP contribution in [-0.2, 0) is 11.2 Å². The summed E-state index contributed by atoms with van der Waals surface area (Å²) in [5.74, 6) is 1.60. The van der Waals surface area contributed by atoms with Crippen molar-refractivity contribution in [2.75, 3.05) is 38.2 Å². The van der Waals surface area contributed by atoms with Gasteiger partial charge in [-0.15, -0.1) is 11.6 Å². The highest BCUT2D eigenvalue weighted by Gasteiger charge is 2.26. The maximum atomic E-state index is 12.9. The minimum Gasteiger partial charge on any atom is -0.497 e. The van der Waals surface area contributed by atoms with E-state index in [1.807, 2.05) is 59.5 Å². The molecule has 1 aliphatic rings. The summed E-state index contributed by atoms with van der Waals surface area (Å²) in [4.78, 5) is 21.7. The van der Waals surface area contributed by atoms with Gasteiger partial charge in [-0.1, -0.05) is 42.5 Å². The molecule has 2 aromatic carbocycles. The second-order valence-corrected chi connectivity index (χ2v) is 8.63. The van der Waals surface area contributed by atoms with Crippen molar-refractivity contribution in [2.24, 2.45) is 0 Å². The quantitative estimate of drug-likeness (QED) is 0.521. The maximum absolute atomic E-state index is 12.9. The van der Waals surface area contributed by atoms with Crippen molar-refractivity contribution < 1.29 is 9.53 Å². The highest BCUT2D eigenvalue weighted by atomic mass is 35.5. The number of alkyl halides is 1. The Kier molecular flexibility index (Phi) is 7.04. The molecule has 1 aliphatic heterocycles. The van der Waals surface area contributed by atoms with Crippen LogP contribution in [0.2, 0.25) is 0 Å². The summed E-state index contributed by atoms with van der Waals surface area (Å²) in [5.41, 5.74) is 1.95. The molecule has 0 aliphatic carbocycles. The van der Waals surface area contributed by atoms with Crippen LogP contribution in [0, 0.1) is 0 Å². The lowest BCUT2D eigenvalue weighted by Crippen LogP contribution is -2.37. The van der Waals surface area contributed by atoms with Crippen molar-refractivity contribution in [1.29, 1.82) is 0 Å². The highest BCUT2D eigenvalue weighted by molar-refractivity contribution is 7.09. The molecular formula is C23H25ClN4O2S. The number of hydrogen-bond donors (Lipinski definition) is 0. The molecule has 2 heterocycles. The van der Waals surface area contributed by atoms with Gasteiger partial charge in [-0.25, -0.2) is 4.98 Å². The SMILES string of the molecule is COc1cccc(Cc2nsc(N3CCCN(C(=O)C(Cl)c4ccccc4)CC3)n2)c1. The van der Waals surface area contributed by atoms with E-state index in [0.717, 1.165) is 47.3 Å². The largest absolute Gasteiger partial charge is 0.497 e. The molecule has 1 saturated heterocycles. The average Bonchev–Trinajstić information content (AvgIpc) is 3.13. The van der Waals surface area contributed by atoms with Crippen LogP contribution in [0.15, 0.2) is 54.6 Å². The minimum absolute atomic E-state index is 0.0364. The molecule has 1 unspecified atom stereocenters. The first kappa shape index (κ1) is 21.6. The lowest BCUT2D eigenvalue weighted by atomic mass is 10.1. The van der Waals surface area contributed by atoms with Gasteiger partial charge < -0.3 is 14.5 Å². The van der Waals surface area contributed by atoms with E-state index < -0.39 is 5.38 Å². The first-order valence-corrected chi connectivity index (χ1v) is 11.5. The number of hydrogen-bond acceptors (Lipinski definition) is 6. The van der Waals surface area contributed by atoms with Crippen molar-refractivity contribution in [1.82, 2.24) is 14.3 Å². The molecule has 0 bridgehead atoms. The Labute approximate surface area is 191 Å². The molecular weight excluding hydrogens is 432 g/mol. The second-order valence-electron chi connectivity index (χ2n) is 7.46. The van der Waals surface area contributed by atoms with E-state index in [1.54, 1.807) is 7.11 Å². The van der Waals surface area contributed by atoms with Gasteiger partial charge in [-0.3, -0.25) is 4.79 Å². The molecule has 4 rings (SSSR count). The summed E-state index contributed by atoms with van der Waals surface area (Å²) >= 11 is 7.88. The highest BCUT2D eigenvalue weighted by Crippen LogP contribution is 2.25. The Morgan fingerprint density at radius 1 is 1.13 bits per heavy atom. The standard InChI is InChI=1S/C23H25ClN4O2S/c1-30-19-10-5-7-17(15-19)16-20-25-23(31-26-20)28-12-6-11-27(13-14-28)22(29)21(24)18-8-3-2-4-9-18/h2-5,7-10,15,21H,6,11-14,16H2,1H3.